The van der Waals surface area contributed by atoms with Gasteiger partial charge in [0.2, 0.25) is 0 Å². The molecule has 1 atom stereocenters. The zero-order chi connectivity index (χ0) is 7.68. The molecule has 11 heavy (non-hydrogen) atoms. The third kappa shape index (κ3) is 1.01. The topological polar surface area (TPSA) is 14.1 Å². The van der Waals surface area contributed by atoms with Crippen LogP contribution in [0.5, 0.6) is 0 Å². The van der Waals surface area contributed by atoms with Crippen LogP contribution in [0.4, 0.5) is 5.69 Å². The maximum atomic E-state index is 4.45. The third-order valence-corrected chi connectivity index (χ3v) is 2.35. The van der Waals surface area contributed by atoms with Gasteiger partial charge in [-0.2, -0.15) is 0 Å². The van der Waals surface area contributed by atoms with E-state index < -0.39 is 0 Å². The van der Waals surface area contributed by atoms with Gasteiger partial charge in [0.15, 0.2) is 0 Å². The molecule has 0 fully saturated rings. The van der Waals surface area contributed by atoms with E-state index in [2.05, 4.69) is 36.5 Å². The first-order valence-corrected chi connectivity index (χ1v) is 4.18. The molecular weight excluding hydrogens is 134 g/mol. The Labute approximate surface area is 67.4 Å². The second-order valence-corrected chi connectivity index (χ2v) is 3.00. The minimum atomic E-state index is 0.686. The first-order valence-electron chi connectivity index (χ1n) is 4.18. The second-order valence-electron chi connectivity index (χ2n) is 3.00. The quantitative estimate of drug-likeness (QED) is 0.577. The van der Waals surface area contributed by atoms with E-state index in [0.717, 1.165) is 6.54 Å². The average molecular weight is 146 g/mol. The van der Waals surface area contributed by atoms with Gasteiger partial charge in [-0.05, 0) is 18.1 Å². The van der Waals surface area contributed by atoms with Crippen molar-refractivity contribution < 1.29 is 0 Å². The highest BCUT2D eigenvalue weighted by molar-refractivity contribution is 5.50. The van der Waals surface area contributed by atoms with E-state index >= 15 is 0 Å². The van der Waals surface area contributed by atoms with Gasteiger partial charge in [-0.1, -0.05) is 25.1 Å². The van der Waals surface area contributed by atoms with Crippen LogP contribution in [0.3, 0.4) is 0 Å². The molecule has 1 aliphatic rings. The summed E-state index contributed by atoms with van der Waals surface area (Å²) in [5.41, 5.74) is 2.65. The van der Waals surface area contributed by atoms with Gasteiger partial charge in [0.25, 0.3) is 0 Å². The molecule has 1 aliphatic heterocycles. The van der Waals surface area contributed by atoms with E-state index in [1.807, 2.05) is 0 Å². The molecule has 0 bridgehead atoms. The molecule has 1 unspecified atom stereocenters. The van der Waals surface area contributed by atoms with Crippen molar-refractivity contribution >= 4 is 5.69 Å². The highest BCUT2D eigenvalue weighted by Crippen LogP contribution is 2.32. The predicted octanol–water partition coefficient (Wildman–Crippen LogP) is 2.43. The minimum Gasteiger partial charge on any atom is -0.284 e. The summed E-state index contributed by atoms with van der Waals surface area (Å²) in [6, 6.07) is 8.45. The van der Waals surface area contributed by atoms with E-state index in [1.165, 1.54) is 17.7 Å². The molecule has 0 amide bonds. The lowest BCUT2D eigenvalue weighted by Gasteiger charge is -2.03. The molecule has 0 saturated heterocycles. The Balaban J connectivity index is 2.39. The van der Waals surface area contributed by atoms with Crippen molar-refractivity contribution in [3.05, 3.63) is 29.8 Å². The largest absolute Gasteiger partial charge is 0.284 e. The Morgan fingerprint density at radius 1 is 1.45 bits per heavy atom. The van der Waals surface area contributed by atoms with Crippen molar-refractivity contribution in [2.75, 3.05) is 6.54 Å². The fourth-order valence-electron chi connectivity index (χ4n) is 1.63. The predicted molar refractivity (Wildman–Crippen MR) is 46.1 cm³/mol. The monoisotopic (exact) mass is 146 g/mol. The Bertz CT molecular complexity index is 255. The molecule has 0 aliphatic carbocycles. The number of hydrogen-bond acceptors (Lipinski definition) is 0. The lowest BCUT2D eigenvalue weighted by atomic mass is 9.99. The van der Waals surface area contributed by atoms with Crippen molar-refractivity contribution in [3.63, 3.8) is 0 Å². The van der Waals surface area contributed by atoms with E-state index in [-0.39, 0.29) is 0 Å². The summed E-state index contributed by atoms with van der Waals surface area (Å²) in [5.74, 6) is 0.686. The van der Waals surface area contributed by atoms with Gasteiger partial charge < -0.3 is 0 Å². The molecule has 57 valence electrons. The summed E-state index contributed by atoms with van der Waals surface area (Å²) in [6.07, 6.45) is 1.21. The number of fused-ring (bicyclic) bond motifs is 1. The van der Waals surface area contributed by atoms with Crippen LogP contribution in [-0.2, 0) is 0 Å². The fourth-order valence-corrected chi connectivity index (χ4v) is 1.63. The van der Waals surface area contributed by atoms with Crippen molar-refractivity contribution in [1.29, 1.82) is 0 Å². The van der Waals surface area contributed by atoms with Gasteiger partial charge in [0.1, 0.15) is 0 Å². The summed E-state index contributed by atoms with van der Waals surface area (Å²) >= 11 is 0. The van der Waals surface area contributed by atoms with Gasteiger partial charge in [-0.25, -0.2) is 0 Å². The molecular formula is C10H12N. The van der Waals surface area contributed by atoms with Crippen molar-refractivity contribution in [3.8, 4) is 0 Å². The Hall–Kier alpha value is -0.980. The molecule has 0 spiro atoms. The van der Waals surface area contributed by atoms with Crippen LogP contribution in [0.2, 0.25) is 0 Å². The standard InChI is InChI=1S/C10H12N/c1-2-8-7-11-10-6-4-3-5-9(8)10/h3-6,8H,2,7H2,1H3. The average Bonchev–Trinajstić information content (AvgIpc) is 2.47. The number of para-hydroxylation sites is 1. The van der Waals surface area contributed by atoms with Crippen LogP contribution < -0.4 is 5.32 Å². The minimum absolute atomic E-state index is 0.686. The van der Waals surface area contributed by atoms with Gasteiger partial charge >= 0.3 is 0 Å². The summed E-state index contributed by atoms with van der Waals surface area (Å²) in [5, 5.41) is 4.45. The summed E-state index contributed by atoms with van der Waals surface area (Å²) in [4.78, 5) is 0. The molecule has 1 nitrogen and oxygen atoms in total. The summed E-state index contributed by atoms with van der Waals surface area (Å²) < 4.78 is 0. The lowest BCUT2D eigenvalue weighted by molar-refractivity contribution is 0.676. The number of benzene rings is 1. The number of nitrogens with zero attached hydrogens (tertiary/aromatic N) is 1. The smallest absolute Gasteiger partial charge is 0.0609 e. The maximum Gasteiger partial charge on any atom is 0.0609 e. The highest BCUT2D eigenvalue weighted by Gasteiger charge is 2.20. The zero-order valence-corrected chi connectivity index (χ0v) is 6.75. The first-order chi connectivity index (χ1) is 5.42. The van der Waals surface area contributed by atoms with Gasteiger partial charge in [0.05, 0.1) is 5.69 Å². The molecule has 1 radical (unpaired) electrons. The van der Waals surface area contributed by atoms with E-state index in [0.29, 0.717) is 5.92 Å². The van der Waals surface area contributed by atoms with Crippen LogP contribution >= 0.6 is 0 Å². The molecule has 1 heteroatoms. The van der Waals surface area contributed by atoms with Crippen LogP contribution in [0.1, 0.15) is 24.8 Å². The van der Waals surface area contributed by atoms with Crippen LogP contribution in [0.15, 0.2) is 24.3 Å². The normalized spacial score (nSPS) is 21.0. The SMILES string of the molecule is CCC1C[N]c2ccccc21. The highest BCUT2D eigenvalue weighted by atomic mass is 14.9. The molecule has 1 aromatic carbocycles. The van der Waals surface area contributed by atoms with E-state index in [4.69, 9.17) is 0 Å². The summed E-state index contributed by atoms with van der Waals surface area (Å²) in [7, 11) is 0. The Morgan fingerprint density at radius 2 is 2.27 bits per heavy atom. The third-order valence-electron chi connectivity index (χ3n) is 2.35. The Kier molecular flexibility index (Phi) is 1.57. The van der Waals surface area contributed by atoms with Crippen LogP contribution in [-0.4, -0.2) is 6.54 Å². The molecule has 0 aromatic heterocycles. The van der Waals surface area contributed by atoms with Crippen molar-refractivity contribution in [2.24, 2.45) is 0 Å². The lowest BCUT2D eigenvalue weighted by Crippen LogP contribution is -1.98. The molecule has 0 saturated carbocycles. The van der Waals surface area contributed by atoms with Crippen molar-refractivity contribution in [1.82, 2.24) is 5.32 Å². The fraction of sp³-hybridized carbons (Fsp3) is 0.400. The van der Waals surface area contributed by atoms with E-state index in [9.17, 15) is 0 Å². The van der Waals surface area contributed by atoms with Gasteiger partial charge in [-0.15, -0.1) is 0 Å². The van der Waals surface area contributed by atoms with E-state index in [1.54, 1.807) is 0 Å². The first kappa shape index (κ1) is 6.71. The van der Waals surface area contributed by atoms with Crippen molar-refractivity contribution in [2.45, 2.75) is 19.3 Å². The van der Waals surface area contributed by atoms with Gasteiger partial charge in [0, 0.05) is 12.5 Å². The van der Waals surface area contributed by atoms with Crippen LogP contribution in [0.25, 0.3) is 0 Å². The molecule has 2 rings (SSSR count). The Morgan fingerprint density at radius 3 is 3.09 bits per heavy atom. The zero-order valence-electron chi connectivity index (χ0n) is 6.75. The number of rotatable bonds is 1. The maximum absolute atomic E-state index is 4.45. The molecule has 1 heterocycles. The van der Waals surface area contributed by atoms with Gasteiger partial charge in [-0.3, -0.25) is 5.32 Å². The summed E-state index contributed by atoms with van der Waals surface area (Å²) in [6.45, 7) is 3.22. The molecule has 0 N–H and O–H groups in total. The van der Waals surface area contributed by atoms with Crippen LogP contribution in [0, 0.1) is 0 Å². The molecule has 1 aromatic rings. The number of hydrogen-bond donors (Lipinski definition) is 0. The second kappa shape index (κ2) is 2.57.